The SMILES string of the molecule is c1ccc2c(c1)ccc1c3cccc4c5cc6c7cccc8c9ccc%10c%11ccccc%11oc%10c9n(c6cc5n(c21)c43)c78. The molecule has 0 spiro atoms. The Morgan fingerprint density at radius 3 is 1.63 bits per heavy atom. The molecule has 0 radical (unpaired) electrons. The molecule has 12 aromatic rings. The molecule has 196 valence electrons. The first-order chi connectivity index (χ1) is 21.3. The monoisotopic (exact) mass is 544 g/mol. The van der Waals surface area contributed by atoms with Crippen molar-refractivity contribution in [1.29, 1.82) is 0 Å². The van der Waals surface area contributed by atoms with E-state index >= 15 is 0 Å². The van der Waals surface area contributed by atoms with E-state index in [0.29, 0.717) is 0 Å². The lowest BCUT2D eigenvalue weighted by atomic mass is 10.0. The number of benzene rings is 7. The maximum absolute atomic E-state index is 6.63. The third-order valence-electron chi connectivity index (χ3n) is 10.1. The summed E-state index contributed by atoms with van der Waals surface area (Å²) < 4.78 is 11.6. The molecule has 43 heavy (non-hydrogen) atoms. The minimum atomic E-state index is 0.930. The zero-order valence-electron chi connectivity index (χ0n) is 22.8. The van der Waals surface area contributed by atoms with Crippen LogP contribution in [0, 0.1) is 0 Å². The van der Waals surface area contributed by atoms with Gasteiger partial charge in [0.15, 0.2) is 5.58 Å². The predicted molar refractivity (Wildman–Crippen MR) is 181 cm³/mol. The van der Waals surface area contributed by atoms with Crippen LogP contribution in [-0.4, -0.2) is 8.80 Å². The standard InChI is InChI=1S/C40H20N2O/c1-2-8-22-21(7-1)15-16-28-24-10-5-12-26-31-19-32-27-13-6-11-25-29-17-18-30-23-9-3-4-14-35(23)43-40(30)39(29)42(38(25)27)34(32)20-33(31)41(36(22)28)37(24)26/h1-20H. The summed E-state index contributed by atoms with van der Waals surface area (Å²) in [6.45, 7) is 0. The molecule has 3 nitrogen and oxygen atoms in total. The zero-order chi connectivity index (χ0) is 27.6. The summed E-state index contributed by atoms with van der Waals surface area (Å²) in [4.78, 5) is 0. The van der Waals surface area contributed by atoms with E-state index in [2.05, 4.69) is 130 Å². The Morgan fingerprint density at radius 2 is 0.860 bits per heavy atom. The minimum absolute atomic E-state index is 0.930. The highest BCUT2D eigenvalue weighted by Crippen LogP contribution is 2.47. The molecule has 0 bridgehead atoms. The van der Waals surface area contributed by atoms with Gasteiger partial charge in [0, 0.05) is 59.2 Å². The fourth-order valence-corrected chi connectivity index (χ4v) is 8.45. The van der Waals surface area contributed by atoms with Crippen LogP contribution in [0.5, 0.6) is 0 Å². The number of hydrogen-bond donors (Lipinski definition) is 0. The highest BCUT2D eigenvalue weighted by atomic mass is 16.3. The summed E-state index contributed by atoms with van der Waals surface area (Å²) in [6, 6.07) is 44.6. The van der Waals surface area contributed by atoms with Crippen molar-refractivity contribution in [3.05, 3.63) is 121 Å². The van der Waals surface area contributed by atoms with Crippen LogP contribution in [0.2, 0.25) is 0 Å². The molecule has 0 saturated heterocycles. The molecule has 0 amide bonds. The molecule has 0 atom stereocenters. The zero-order valence-corrected chi connectivity index (χ0v) is 22.8. The van der Waals surface area contributed by atoms with Crippen molar-refractivity contribution in [3.8, 4) is 0 Å². The summed E-state index contributed by atoms with van der Waals surface area (Å²) in [5, 5.41) is 15.2. The Bertz CT molecular complexity index is 3170. The number of para-hydroxylation sites is 3. The van der Waals surface area contributed by atoms with Crippen LogP contribution in [0.25, 0.3) is 109 Å². The van der Waals surface area contributed by atoms with E-state index in [1.807, 2.05) is 0 Å². The first-order valence-corrected chi connectivity index (χ1v) is 14.9. The minimum Gasteiger partial charge on any atom is -0.454 e. The molecule has 0 aliphatic carbocycles. The van der Waals surface area contributed by atoms with Crippen LogP contribution >= 0.6 is 0 Å². The average Bonchev–Trinajstić information content (AvgIpc) is 3.84. The van der Waals surface area contributed by atoms with Gasteiger partial charge in [-0.15, -0.1) is 0 Å². The second-order valence-corrected chi connectivity index (χ2v) is 12.1. The molecule has 3 heteroatoms. The van der Waals surface area contributed by atoms with Crippen LogP contribution in [0.3, 0.4) is 0 Å². The Hall–Kier alpha value is -5.80. The fraction of sp³-hybridized carbons (Fsp3) is 0. The first kappa shape index (κ1) is 21.0. The van der Waals surface area contributed by atoms with E-state index in [1.165, 1.54) is 81.4 Å². The topological polar surface area (TPSA) is 22.0 Å². The van der Waals surface area contributed by atoms with E-state index in [0.717, 1.165) is 27.5 Å². The molecule has 5 aromatic heterocycles. The van der Waals surface area contributed by atoms with Gasteiger partial charge >= 0.3 is 0 Å². The number of aromatic nitrogens is 2. The second-order valence-electron chi connectivity index (χ2n) is 12.1. The molecule has 0 aliphatic heterocycles. The van der Waals surface area contributed by atoms with Crippen LogP contribution in [0.15, 0.2) is 126 Å². The largest absolute Gasteiger partial charge is 0.454 e. The Kier molecular flexibility index (Phi) is 3.32. The first-order valence-electron chi connectivity index (χ1n) is 14.9. The summed E-state index contributed by atoms with van der Waals surface area (Å²) in [6.07, 6.45) is 0. The molecule has 0 aliphatic rings. The third kappa shape index (κ3) is 2.22. The van der Waals surface area contributed by atoms with Gasteiger partial charge in [-0.05, 0) is 29.7 Å². The number of fused-ring (bicyclic) bond motifs is 18. The fourth-order valence-electron chi connectivity index (χ4n) is 8.45. The summed E-state index contributed by atoms with van der Waals surface area (Å²) in [7, 11) is 0. The van der Waals surface area contributed by atoms with Crippen molar-refractivity contribution in [2.45, 2.75) is 0 Å². The highest BCUT2D eigenvalue weighted by molar-refractivity contribution is 6.32. The van der Waals surface area contributed by atoms with E-state index in [1.54, 1.807) is 0 Å². The third-order valence-corrected chi connectivity index (χ3v) is 10.1. The Labute approximate surface area is 243 Å². The lowest BCUT2D eigenvalue weighted by Gasteiger charge is -2.04. The molecule has 0 N–H and O–H groups in total. The van der Waals surface area contributed by atoms with Gasteiger partial charge < -0.3 is 13.2 Å². The van der Waals surface area contributed by atoms with Crippen LogP contribution < -0.4 is 0 Å². The van der Waals surface area contributed by atoms with E-state index in [4.69, 9.17) is 4.42 Å². The van der Waals surface area contributed by atoms with Crippen molar-refractivity contribution in [2.24, 2.45) is 0 Å². The van der Waals surface area contributed by atoms with Gasteiger partial charge in [0.05, 0.1) is 33.1 Å². The Balaban J connectivity index is 1.38. The van der Waals surface area contributed by atoms with Crippen LogP contribution in [0.1, 0.15) is 0 Å². The van der Waals surface area contributed by atoms with Gasteiger partial charge in [0.1, 0.15) is 5.58 Å². The van der Waals surface area contributed by atoms with E-state index < -0.39 is 0 Å². The van der Waals surface area contributed by atoms with Gasteiger partial charge in [0.2, 0.25) is 0 Å². The second kappa shape index (κ2) is 6.80. The van der Waals surface area contributed by atoms with E-state index in [-0.39, 0.29) is 0 Å². The molecule has 0 saturated carbocycles. The summed E-state index contributed by atoms with van der Waals surface area (Å²) in [5.41, 5.74) is 9.37. The summed E-state index contributed by atoms with van der Waals surface area (Å²) in [5.74, 6) is 0. The van der Waals surface area contributed by atoms with Crippen molar-refractivity contribution >= 4 is 109 Å². The lowest BCUT2D eigenvalue weighted by Crippen LogP contribution is -1.85. The molecule has 12 rings (SSSR count). The van der Waals surface area contributed by atoms with Crippen molar-refractivity contribution in [2.75, 3.05) is 0 Å². The molecule has 0 unspecified atom stereocenters. The van der Waals surface area contributed by atoms with Crippen molar-refractivity contribution < 1.29 is 4.42 Å². The van der Waals surface area contributed by atoms with Gasteiger partial charge in [0.25, 0.3) is 0 Å². The smallest absolute Gasteiger partial charge is 0.160 e. The normalized spacial score (nSPS) is 13.1. The van der Waals surface area contributed by atoms with Crippen LogP contribution in [-0.2, 0) is 0 Å². The van der Waals surface area contributed by atoms with Gasteiger partial charge in [-0.1, -0.05) is 97.1 Å². The van der Waals surface area contributed by atoms with E-state index in [9.17, 15) is 0 Å². The molecular weight excluding hydrogens is 524 g/mol. The lowest BCUT2D eigenvalue weighted by molar-refractivity contribution is 0.671. The molecule has 7 aromatic carbocycles. The quantitative estimate of drug-likeness (QED) is 0.186. The van der Waals surface area contributed by atoms with Gasteiger partial charge in [-0.2, -0.15) is 0 Å². The van der Waals surface area contributed by atoms with Gasteiger partial charge in [-0.3, -0.25) is 0 Å². The maximum Gasteiger partial charge on any atom is 0.160 e. The molecular formula is C40H20N2O. The molecule has 5 heterocycles. The number of hydrogen-bond acceptors (Lipinski definition) is 1. The molecule has 0 fully saturated rings. The average molecular weight is 545 g/mol. The maximum atomic E-state index is 6.63. The predicted octanol–water partition coefficient (Wildman–Crippen LogP) is 11.0. The number of furan rings is 1. The summed E-state index contributed by atoms with van der Waals surface area (Å²) >= 11 is 0. The van der Waals surface area contributed by atoms with Crippen molar-refractivity contribution in [1.82, 2.24) is 8.80 Å². The van der Waals surface area contributed by atoms with Crippen molar-refractivity contribution in [3.63, 3.8) is 0 Å². The number of rotatable bonds is 0. The Morgan fingerprint density at radius 1 is 0.349 bits per heavy atom. The highest BCUT2D eigenvalue weighted by Gasteiger charge is 2.24. The van der Waals surface area contributed by atoms with Gasteiger partial charge in [-0.25, -0.2) is 0 Å². The van der Waals surface area contributed by atoms with Crippen LogP contribution in [0.4, 0.5) is 0 Å². The number of nitrogens with zero attached hydrogens (tertiary/aromatic N) is 2.